The number of alkyl halides is 2. The van der Waals surface area contributed by atoms with E-state index in [0.717, 1.165) is 10.8 Å². The minimum Gasteiger partial charge on any atom is -0.438 e. The Kier molecular flexibility index (Phi) is 7.36. The number of carbonyl (C=O) groups excluding carboxylic acids is 1. The summed E-state index contributed by atoms with van der Waals surface area (Å²) in [4.78, 5) is 25.6. The molecule has 0 radical (unpaired) electrons. The minimum atomic E-state index is -2.67. The van der Waals surface area contributed by atoms with Crippen molar-refractivity contribution in [2.45, 2.75) is 18.8 Å². The second-order valence-electron chi connectivity index (χ2n) is 10.0. The number of aromatic nitrogens is 2. The fraction of sp³-hybridized carbons (Fsp3) is 0.300. The van der Waals surface area contributed by atoms with Crippen LogP contribution in [-0.2, 0) is 4.74 Å². The van der Waals surface area contributed by atoms with E-state index in [2.05, 4.69) is 15.3 Å². The maximum atomic E-state index is 14.5. The molecule has 2 saturated heterocycles. The SMILES string of the molecule is O=C(Nc1ccc(Oc2ccnc(N3CCC(F)(F)CC3)n2)c2ccccc12)c1cc(F)cc(N2CCOCC2)c1. The van der Waals surface area contributed by atoms with Crippen LogP contribution in [0.5, 0.6) is 11.6 Å². The van der Waals surface area contributed by atoms with Crippen molar-refractivity contribution < 1.29 is 27.4 Å². The first-order chi connectivity index (χ1) is 19.8. The number of nitrogens with one attached hydrogen (secondary N) is 1. The fourth-order valence-corrected chi connectivity index (χ4v) is 5.06. The zero-order chi connectivity index (χ0) is 28.4. The minimum absolute atomic E-state index is 0.160. The van der Waals surface area contributed by atoms with Gasteiger partial charge in [0.1, 0.15) is 11.6 Å². The van der Waals surface area contributed by atoms with Gasteiger partial charge in [0.2, 0.25) is 11.8 Å². The Morgan fingerprint density at radius 2 is 1.68 bits per heavy atom. The lowest BCUT2D eigenvalue weighted by atomic mass is 10.1. The molecule has 0 aliphatic carbocycles. The molecule has 2 fully saturated rings. The van der Waals surface area contributed by atoms with Crippen molar-refractivity contribution in [3.05, 3.63) is 78.2 Å². The molecule has 3 heterocycles. The highest BCUT2D eigenvalue weighted by molar-refractivity contribution is 6.10. The van der Waals surface area contributed by atoms with Gasteiger partial charge < -0.3 is 24.6 Å². The van der Waals surface area contributed by atoms with E-state index >= 15 is 0 Å². The van der Waals surface area contributed by atoms with E-state index < -0.39 is 17.6 Å². The third kappa shape index (κ3) is 6.04. The Labute approximate surface area is 234 Å². The molecule has 4 aromatic rings. The Balaban J connectivity index is 1.22. The largest absolute Gasteiger partial charge is 0.438 e. The quantitative estimate of drug-likeness (QED) is 0.314. The molecule has 1 aromatic heterocycles. The van der Waals surface area contributed by atoms with Crippen LogP contribution in [0, 0.1) is 5.82 Å². The topological polar surface area (TPSA) is 79.8 Å². The van der Waals surface area contributed by atoms with E-state index in [-0.39, 0.29) is 37.4 Å². The van der Waals surface area contributed by atoms with Crippen LogP contribution >= 0.6 is 0 Å². The van der Waals surface area contributed by atoms with Gasteiger partial charge in [0.05, 0.1) is 13.2 Å². The molecule has 41 heavy (non-hydrogen) atoms. The number of fused-ring (bicyclic) bond motifs is 1. The summed E-state index contributed by atoms with van der Waals surface area (Å²) >= 11 is 0. The number of carbonyl (C=O) groups is 1. The first kappa shape index (κ1) is 26.8. The first-order valence-corrected chi connectivity index (χ1v) is 13.4. The molecular weight excluding hydrogens is 535 g/mol. The lowest BCUT2D eigenvalue weighted by molar-refractivity contribution is -0.0222. The van der Waals surface area contributed by atoms with Crippen LogP contribution in [0.2, 0.25) is 0 Å². The summed E-state index contributed by atoms with van der Waals surface area (Å²) in [6, 6.07) is 16.7. The maximum absolute atomic E-state index is 14.5. The van der Waals surface area contributed by atoms with Crippen LogP contribution in [0.15, 0.2) is 66.9 Å². The van der Waals surface area contributed by atoms with Crippen LogP contribution in [0.25, 0.3) is 10.8 Å². The molecule has 0 atom stereocenters. The second-order valence-corrected chi connectivity index (χ2v) is 10.0. The summed E-state index contributed by atoms with van der Waals surface area (Å²) in [5, 5.41) is 4.35. The summed E-state index contributed by atoms with van der Waals surface area (Å²) in [6.45, 7) is 2.66. The average Bonchev–Trinajstić information content (AvgIpc) is 2.98. The summed E-state index contributed by atoms with van der Waals surface area (Å²) < 4.78 is 53.1. The summed E-state index contributed by atoms with van der Waals surface area (Å²) in [6.07, 6.45) is 1.04. The Hall–Kier alpha value is -4.38. The van der Waals surface area contributed by atoms with Gasteiger partial charge in [-0.05, 0) is 30.3 Å². The highest BCUT2D eigenvalue weighted by atomic mass is 19.3. The molecule has 1 N–H and O–H groups in total. The lowest BCUT2D eigenvalue weighted by Crippen LogP contribution is -2.40. The van der Waals surface area contributed by atoms with Crippen molar-refractivity contribution in [1.29, 1.82) is 0 Å². The third-order valence-electron chi connectivity index (χ3n) is 7.26. The molecule has 8 nitrogen and oxygen atoms in total. The number of anilines is 3. The number of morpholine rings is 1. The van der Waals surface area contributed by atoms with E-state index in [9.17, 15) is 18.0 Å². The van der Waals surface area contributed by atoms with Gasteiger partial charge in [-0.3, -0.25) is 4.79 Å². The van der Waals surface area contributed by atoms with Gasteiger partial charge in [-0.25, -0.2) is 18.2 Å². The molecule has 6 rings (SSSR count). The molecule has 2 aliphatic heterocycles. The molecule has 0 unspecified atom stereocenters. The highest BCUT2D eigenvalue weighted by Gasteiger charge is 2.34. The van der Waals surface area contributed by atoms with Crippen LogP contribution in [0.3, 0.4) is 0 Å². The van der Waals surface area contributed by atoms with Crippen molar-refractivity contribution in [2.24, 2.45) is 0 Å². The number of hydrogen-bond acceptors (Lipinski definition) is 7. The monoisotopic (exact) mass is 563 g/mol. The van der Waals surface area contributed by atoms with Gasteiger partial charge in [-0.15, -0.1) is 0 Å². The van der Waals surface area contributed by atoms with Crippen LogP contribution < -0.4 is 19.9 Å². The van der Waals surface area contributed by atoms with Crippen molar-refractivity contribution in [1.82, 2.24) is 9.97 Å². The van der Waals surface area contributed by atoms with E-state index in [1.165, 1.54) is 18.3 Å². The number of nitrogens with zero attached hydrogens (tertiary/aromatic N) is 4. The number of hydrogen-bond donors (Lipinski definition) is 1. The molecule has 0 saturated carbocycles. The van der Waals surface area contributed by atoms with Gasteiger partial charge >= 0.3 is 0 Å². The van der Waals surface area contributed by atoms with Crippen molar-refractivity contribution in [3.63, 3.8) is 0 Å². The third-order valence-corrected chi connectivity index (χ3v) is 7.26. The Morgan fingerprint density at radius 1 is 0.927 bits per heavy atom. The van der Waals surface area contributed by atoms with Gasteiger partial charge in [0, 0.05) is 79.0 Å². The average molecular weight is 564 g/mol. The van der Waals surface area contributed by atoms with Crippen LogP contribution in [-0.4, -0.2) is 61.2 Å². The highest BCUT2D eigenvalue weighted by Crippen LogP contribution is 2.35. The summed E-state index contributed by atoms with van der Waals surface area (Å²) in [5.74, 6) is -2.50. The summed E-state index contributed by atoms with van der Waals surface area (Å²) in [5.41, 5.74) is 1.38. The predicted molar refractivity (Wildman–Crippen MR) is 150 cm³/mol. The fourth-order valence-electron chi connectivity index (χ4n) is 5.06. The lowest BCUT2D eigenvalue weighted by Gasteiger charge is -2.31. The molecule has 0 bridgehead atoms. The molecule has 11 heteroatoms. The smallest absolute Gasteiger partial charge is 0.255 e. The number of halogens is 3. The zero-order valence-electron chi connectivity index (χ0n) is 22.2. The molecule has 212 valence electrons. The zero-order valence-corrected chi connectivity index (χ0v) is 22.2. The summed E-state index contributed by atoms with van der Waals surface area (Å²) in [7, 11) is 0. The Bertz CT molecular complexity index is 1570. The second kappa shape index (κ2) is 11.2. The van der Waals surface area contributed by atoms with E-state index in [0.29, 0.717) is 49.4 Å². The van der Waals surface area contributed by atoms with E-state index in [1.54, 1.807) is 29.2 Å². The molecule has 2 aliphatic rings. The Morgan fingerprint density at radius 3 is 2.46 bits per heavy atom. The molecule has 0 spiro atoms. The van der Waals surface area contributed by atoms with Crippen molar-refractivity contribution in [3.8, 4) is 11.6 Å². The number of ether oxygens (including phenoxy) is 2. The van der Waals surface area contributed by atoms with E-state index in [1.807, 2.05) is 29.2 Å². The van der Waals surface area contributed by atoms with E-state index in [4.69, 9.17) is 9.47 Å². The van der Waals surface area contributed by atoms with Gasteiger partial charge in [-0.2, -0.15) is 4.98 Å². The number of piperidine rings is 1. The molecular formula is C30H28F3N5O3. The maximum Gasteiger partial charge on any atom is 0.255 e. The number of benzene rings is 3. The predicted octanol–water partition coefficient (Wildman–Crippen LogP) is 5.89. The first-order valence-electron chi connectivity index (χ1n) is 13.4. The standard InChI is InChI=1S/C30H28F3N5O3/c31-21-17-20(18-22(19-21)37-13-15-40-16-14-37)28(39)35-25-5-6-26(24-4-2-1-3-23(24)25)41-27-7-10-34-29(36-27)38-11-8-30(32,33)9-12-38/h1-7,10,17-19H,8-9,11-16H2,(H,35,39). The van der Waals surface area contributed by atoms with Gasteiger partial charge in [0.15, 0.2) is 0 Å². The number of rotatable bonds is 6. The van der Waals surface area contributed by atoms with Gasteiger partial charge in [-0.1, -0.05) is 24.3 Å². The van der Waals surface area contributed by atoms with Crippen molar-refractivity contribution in [2.75, 3.05) is 54.5 Å². The van der Waals surface area contributed by atoms with Crippen LogP contribution in [0.4, 0.5) is 30.5 Å². The molecule has 1 amide bonds. The normalized spacial score (nSPS) is 17.0. The van der Waals surface area contributed by atoms with Crippen molar-refractivity contribution >= 4 is 34.0 Å². The molecule has 3 aromatic carbocycles. The number of amides is 1. The van der Waals surface area contributed by atoms with Gasteiger partial charge in [0.25, 0.3) is 11.8 Å². The van der Waals surface area contributed by atoms with Crippen LogP contribution in [0.1, 0.15) is 23.2 Å².